The fourth-order valence-electron chi connectivity index (χ4n) is 1.73. The van der Waals surface area contributed by atoms with E-state index in [-0.39, 0.29) is 0 Å². The van der Waals surface area contributed by atoms with E-state index in [1.165, 1.54) is 4.88 Å². The maximum absolute atomic E-state index is 4.75. The van der Waals surface area contributed by atoms with Gasteiger partial charge in [-0.3, -0.25) is 0 Å². The van der Waals surface area contributed by atoms with Crippen molar-refractivity contribution in [1.29, 1.82) is 0 Å². The quantitative estimate of drug-likeness (QED) is 0.888. The Morgan fingerprint density at radius 2 is 2.00 bits per heavy atom. The Hall–Kier alpha value is -1.05. The lowest BCUT2D eigenvalue weighted by Gasteiger charge is -2.04. The Morgan fingerprint density at radius 3 is 2.58 bits per heavy atom. The molecule has 0 saturated heterocycles. The largest absolute Gasteiger partial charge is 0.363 e. The molecule has 0 amide bonds. The second-order valence-electron chi connectivity index (χ2n) is 4.53. The molecule has 0 bridgehead atoms. The lowest BCUT2D eigenvalue weighted by Crippen LogP contribution is -2.10. The van der Waals surface area contributed by atoms with Gasteiger partial charge in [0.25, 0.3) is 0 Å². The minimum atomic E-state index is 0.847. The summed E-state index contributed by atoms with van der Waals surface area (Å²) in [6.07, 6.45) is 2.09. The summed E-state index contributed by atoms with van der Waals surface area (Å²) in [5, 5.41) is 14.4. The van der Waals surface area contributed by atoms with Crippen LogP contribution in [0.3, 0.4) is 0 Å². The summed E-state index contributed by atoms with van der Waals surface area (Å²) in [5.74, 6) is 0. The molecule has 1 N–H and O–H groups in total. The fourth-order valence-corrected chi connectivity index (χ4v) is 3.75. The van der Waals surface area contributed by atoms with E-state index in [0.717, 1.165) is 40.2 Å². The van der Waals surface area contributed by atoms with Crippen LogP contribution >= 0.6 is 22.7 Å². The van der Waals surface area contributed by atoms with Crippen LogP contribution in [-0.2, 0) is 13.0 Å². The summed E-state index contributed by atoms with van der Waals surface area (Å²) < 4.78 is 0. The van der Waals surface area contributed by atoms with Gasteiger partial charge in [-0.1, -0.05) is 24.7 Å². The highest BCUT2D eigenvalue weighted by Crippen LogP contribution is 2.34. The molecule has 2 heterocycles. The molecule has 0 aromatic carbocycles. The van der Waals surface area contributed by atoms with Crippen molar-refractivity contribution in [3.05, 3.63) is 10.7 Å². The van der Waals surface area contributed by atoms with Crippen molar-refractivity contribution in [2.45, 2.75) is 26.3 Å². The third-order valence-corrected chi connectivity index (χ3v) is 4.69. The Labute approximate surface area is 121 Å². The van der Waals surface area contributed by atoms with Crippen molar-refractivity contribution in [2.75, 3.05) is 26.5 Å². The first-order valence-corrected chi connectivity index (χ1v) is 7.92. The highest BCUT2D eigenvalue weighted by atomic mass is 32.1. The van der Waals surface area contributed by atoms with Gasteiger partial charge in [0.1, 0.15) is 5.01 Å². The monoisotopic (exact) mass is 297 g/mol. The van der Waals surface area contributed by atoms with Gasteiger partial charge in [-0.2, -0.15) is 0 Å². The lowest BCUT2D eigenvalue weighted by molar-refractivity contribution is 0.401. The number of hydrogen-bond acceptors (Lipinski definition) is 7. The first kappa shape index (κ1) is 14.4. The molecule has 7 heteroatoms. The summed E-state index contributed by atoms with van der Waals surface area (Å²) in [7, 11) is 5.98. The average Bonchev–Trinajstić information content (AvgIpc) is 2.95. The van der Waals surface area contributed by atoms with Gasteiger partial charge in [0.15, 0.2) is 5.01 Å². The molecule has 0 fully saturated rings. The molecule has 2 rings (SSSR count). The van der Waals surface area contributed by atoms with Crippen LogP contribution in [-0.4, -0.2) is 41.2 Å². The van der Waals surface area contributed by atoms with E-state index in [4.69, 9.17) is 4.98 Å². The molecular formula is C12H19N5S2. The van der Waals surface area contributed by atoms with E-state index in [1.54, 1.807) is 22.7 Å². The maximum atomic E-state index is 4.75. The van der Waals surface area contributed by atoms with Crippen LogP contribution in [0.2, 0.25) is 0 Å². The second kappa shape index (κ2) is 6.40. The molecule has 2 aromatic rings. The second-order valence-corrected chi connectivity index (χ2v) is 6.59. The molecule has 2 aromatic heterocycles. The minimum Gasteiger partial charge on any atom is -0.363 e. The number of aryl methyl sites for hydroxylation is 1. The van der Waals surface area contributed by atoms with Gasteiger partial charge in [0.2, 0.25) is 5.13 Å². The molecule has 0 aliphatic heterocycles. The first-order chi connectivity index (χ1) is 9.13. The van der Waals surface area contributed by atoms with Gasteiger partial charge in [0.05, 0.1) is 10.6 Å². The molecule has 0 saturated carbocycles. The Bertz CT molecular complexity index is 532. The van der Waals surface area contributed by atoms with Gasteiger partial charge in [0, 0.05) is 13.6 Å². The van der Waals surface area contributed by atoms with E-state index in [2.05, 4.69) is 41.4 Å². The van der Waals surface area contributed by atoms with Crippen molar-refractivity contribution in [3.8, 4) is 9.88 Å². The van der Waals surface area contributed by atoms with Gasteiger partial charge >= 0.3 is 0 Å². The minimum absolute atomic E-state index is 0.847. The first-order valence-electron chi connectivity index (χ1n) is 6.29. The average molecular weight is 297 g/mol. The predicted molar refractivity (Wildman–Crippen MR) is 81.9 cm³/mol. The summed E-state index contributed by atoms with van der Waals surface area (Å²) in [4.78, 5) is 8.06. The van der Waals surface area contributed by atoms with Crippen molar-refractivity contribution in [1.82, 2.24) is 20.1 Å². The fraction of sp³-hybridized carbons (Fsp3) is 0.583. The molecule has 0 aliphatic carbocycles. The molecule has 0 atom stereocenters. The van der Waals surface area contributed by atoms with Crippen LogP contribution in [0.25, 0.3) is 9.88 Å². The van der Waals surface area contributed by atoms with E-state index in [0.29, 0.717) is 0 Å². The highest BCUT2D eigenvalue weighted by molar-refractivity contribution is 7.23. The molecule has 0 radical (unpaired) electrons. The van der Waals surface area contributed by atoms with Gasteiger partial charge in [-0.25, -0.2) is 4.98 Å². The number of nitrogens with one attached hydrogen (secondary N) is 1. The van der Waals surface area contributed by atoms with E-state index in [9.17, 15) is 0 Å². The van der Waals surface area contributed by atoms with Crippen molar-refractivity contribution < 1.29 is 0 Å². The number of aromatic nitrogens is 3. The topological polar surface area (TPSA) is 53.9 Å². The zero-order chi connectivity index (χ0) is 13.8. The van der Waals surface area contributed by atoms with Gasteiger partial charge in [-0.05, 0) is 20.5 Å². The molecule has 19 heavy (non-hydrogen) atoms. The Balaban J connectivity index is 2.33. The molecule has 5 nitrogen and oxygen atoms in total. The predicted octanol–water partition coefficient (Wildman–Crippen LogP) is 2.72. The Kier molecular flexibility index (Phi) is 4.84. The van der Waals surface area contributed by atoms with Crippen LogP contribution in [0, 0.1) is 0 Å². The van der Waals surface area contributed by atoms with Crippen LogP contribution in [0.4, 0.5) is 5.13 Å². The summed E-state index contributed by atoms with van der Waals surface area (Å²) in [6.45, 7) is 3.05. The number of hydrogen-bond donors (Lipinski definition) is 1. The molecular weight excluding hydrogens is 278 g/mol. The normalized spacial score (nSPS) is 11.2. The third kappa shape index (κ3) is 3.49. The standard InChI is InChI=1S/C12H19N5S2/c1-5-6-8-10(11-15-16-12(13-2)19-11)18-9(14-8)7-17(3)4/h5-7H2,1-4H3,(H,13,16). The zero-order valence-electron chi connectivity index (χ0n) is 11.7. The van der Waals surface area contributed by atoms with Gasteiger partial charge in [-0.15, -0.1) is 21.5 Å². The van der Waals surface area contributed by atoms with Crippen molar-refractivity contribution in [2.24, 2.45) is 0 Å². The van der Waals surface area contributed by atoms with E-state index >= 15 is 0 Å². The van der Waals surface area contributed by atoms with Crippen LogP contribution in [0.15, 0.2) is 0 Å². The van der Waals surface area contributed by atoms with Crippen LogP contribution in [0.5, 0.6) is 0 Å². The summed E-state index contributed by atoms with van der Waals surface area (Å²) in [5.41, 5.74) is 1.16. The summed E-state index contributed by atoms with van der Waals surface area (Å²) >= 11 is 3.31. The van der Waals surface area contributed by atoms with Crippen LogP contribution < -0.4 is 5.32 Å². The lowest BCUT2D eigenvalue weighted by atomic mass is 10.2. The Morgan fingerprint density at radius 1 is 1.21 bits per heavy atom. The molecule has 0 aliphatic rings. The number of nitrogens with zero attached hydrogens (tertiary/aromatic N) is 4. The zero-order valence-corrected chi connectivity index (χ0v) is 13.4. The smallest absolute Gasteiger partial charge is 0.205 e. The molecule has 104 valence electrons. The van der Waals surface area contributed by atoms with E-state index < -0.39 is 0 Å². The number of thiazole rings is 1. The molecule has 0 spiro atoms. The van der Waals surface area contributed by atoms with Crippen molar-refractivity contribution >= 4 is 27.8 Å². The number of rotatable bonds is 6. The van der Waals surface area contributed by atoms with Crippen molar-refractivity contribution in [3.63, 3.8) is 0 Å². The van der Waals surface area contributed by atoms with E-state index in [1.807, 2.05) is 7.05 Å². The SMILES string of the molecule is CCCc1nc(CN(C)C)sc1-c1nnc(NC)s1. The molecule has 0 unspecified atom stereocenters. The number of anilines is 1. The highest BCUT2D eigenvalue weighted by Gasteiger charge is 2.16. The van der Waals surface area contributed by atoms with Crippen LogP contribution in [0.1, 0.15) is 24.0 Å². The summed E-state index contributed by atoms with van der Waals surface area (Å²) in [6, 6.07) is 0. The maximum Gasteiger partial charge on any atom is 0.205 e. The third-order valence-electron chi connectivity index (χ3n) is 2.51. The van der Waals surface area contributed by atoms with Gasteiger partial charge < -0.3 is 10.2 Å².